The van der Waals surface area contributed by atoms with Crippen LogP contribution in [0.5, 0.6) is 0 Å². The van der Waals surface area contributed by atoms with E-state index in [-0.39, 0.29) is 35.8 Å². The Balaban J connectivity index is 1.56. The summed E-state index contributed by atoms with van der Waals surface area (Å²) in [5.74, 6) is -1.77. The zero-order valence-electron chi connectivity index (χ0n) is 21.0. The molecule has 1 aliphatic rings. The predicted molar refractivity (Wildman–Crippen MR) is 142 cm³/mol. The number of carbonyl (C=O) groups is 4. The van der Waals surface area contributed by atoms with Crippen molar-refractivity contribution in [1.82, 2.24) is 10.3 Å². The minimum atomic E-state index is -1.06. The fraction of sp³-hybridized carbons (Fsp3) is 0.357. The van der Waals surface area contributed by atoms with Crippen LogP contribution in [0.4, 0.5) is 11.4 Å². The van der Waals surface area contributed by atoms with E-state index in [0.29, 0.717) is 22.3 Å². The van der Waals surface area contributed by atoms with Gasteiger partial charge in [0.05, 0.1) is 0 Å². The van der Waals surface area contributed by atoms with E-state index in [1.165, 1.54) is 17.9 Å². The number of rotatable bonds is 8. The summed E-state index contributed by atoms with van der Waals surface area (Å²) >= 11 is 0. The normalized spacial score (nSPS) is 14.6. The van der Waals surface area contributed by atoms with Crippen LogP contribution in [0.1, 0.15) is 55.1 Å². The highest BCUT2D eigenvalue weighted by atomic mass is 16.4. The van der Waals surface area contributed by atoms with Gasteiger partial charge in [-0.1, -0.05) is 31.4 Å². The molecule has 3 aromatic rings. The topological polar surface area (TPSA) is 132 Å². The van der Waals surface area contributed by atoms with Gasteiger partial charge in [-0.25, -0.2) is 4.79 Å². The zero-order chi connectivity index (χ0) is 26.5. The number of hydrogen-bond donors (Lipinski definition) is 4. The van der Waals surface area contributed by atoms with Crippen LogP contribution in [0.3, 0.4) is 0 Å². The molecule has 1 unspecified atom stereocenters. The van der Waals surface area contributed by atoms with Crippen molar-refractivity contribution < 1.29 is 24.3 Å². The summed E-state index contributed by atoms with van der Waals surface area (Å²) in [5.41, 5.74) is 2.71. The highest BCUT2D eigenvalue weighted by molar-refractivity contribution is 6.00. The minimum Gasteiger partial charge on any atom is -0.477 e. The summed E-state index contributed by atoms with van der Waals surface area (Å²) in [7, 11) is 1.68. The molecule has 0 aliphatic heterocycles. The number of carbonyl (C=O) groups excluding carboxylic acids is 3. The van der Waals surface area contributed by atoms with Gasteiger partial charge in [-0.15, -0.1) is 0 Å². The third-order valence-electron chi connectivity index (χ3n) is 6.94. The first kappa shape index (κ1) is 25.9. The molecule has 1 aromatic heterocycles. The van der Waals surface area contributed by atoms with Crippen LogP contribution in [0.2, 0.25) is 0 Å². The van der Waals surface area contributed by atoms with E-state index >= 15 is 0 Å². The summed E-state index contributed by atoms with van der Waals surface area (Å²) in [6, 6.07) is 13.1. The van der Waals surface area contributed by atoms with Crippen LogP contribution in [-0.4, -0.2) is 46.9 Å². The van der Waals surface area contributed by atoms with Gasteiger partial charge in [-0.2, -0.15) is 0 Å². The number of aromatic amines is 1. The minimum absolute atomic E-state index is 0.0616. The third kappa shape index (κ3) is 6.35. The van der Waals surface area contributed by atoms with Crippen molar-refractivity contribution in [1.29, 1.82) is 0 Å². The molecule has 2 aromatic carbocycles. The number of aromatic carboxylic acids is 1. The van der Waals surface area contributed by atoms with E-state index in [2.05, 4.69) is 15.6 Å². The summed E-state index contributed by atoms with van der Waals surface area (Å²) in [4.78, 5) is 53.9. The Labute approximate surface area is 215 Å². The molecule has 0 bridgehead atoms. The summed E-state index contributed by atoms with van der Waals surface area (Å²) in [5, 5.41) is 15.7. The van der Waals surface area contributed by atoms with Gasteiger partial charge in [0.25, 0.3) is 0 Å². The Morgan fingerprint density at radius 1 is 1.05 bits per heavy atom. The molecule has 0 spiro atoms. The van der Waals surface area contributed by atoms with Crippen molar-refractivity contribution in [2.75, 3.05) is 17.3 Å². The maximum atomic E-state index is 13.4. The summed E-state index contributed by atoms with van der Waals surface area (Å²) in [6.07, 6.45) is 5.01. The van der Waals surface area contributed by atoms with Crippen molar-refractivity contribution in [3.05, 3.63) is 59.8 Å². The standard InChI is InChI=1S/C28H32N4O5/c1-17(33)32(2)22-10-6-7-18(13-22)14-24(31-26(34)19-8-4-3-5-9-19)27(35)29-21-11-12-23-20(15-21)16-25(30-23)28(36)37/h6-7,10-13,15-16,19,24,30H,3-5,8-9,14H2,1-2H3,(H,29,35)(H,31,34)(H,36,37). The number of aromatic nitrogens is 1. The number of benzene rings is 2. The van der Waals surface area contributed by atoms with E-state index < -0.39 is 12.0 Å². The van der Waals surface area contributed by atoms with E-state index in [1.54, 1.807) is 25.2 Å². The first-order valence-electron chi connectivity index (χ1n) is 12.5. The molecule has 9 heteroatoms. The fourth-order valence-corrected chi connectivity index (χ4v) is 4.73. The van der Waals surface area contributed by atoms with Crippen LogP contribution < -0.4 is 15.5 Å². The predicted octanol–water partition coefficient (Wildman–Crippen LogP) is 4.10. The molecule has 1 fully saturated rings. The number of H-pyrrole nitrogens is 1. The van der Waals surface area contributed by atoms with Crippen LogP contribution in [0.15, 0.2) is 48.5 Å². The molecule has 0 radical (unpaired) electrons. The highest BCUT2D eigenvalue weighted by Crippen LogP contribution is 2.25. The third-order valence-corrected chi connectivity index (χ3v) is 6.94. The Morgan fingerprint density at radius 2 is 1.81 bits per heavy atom. The first-order chi connectivity index (χ1) is 17.7. The fourth-order valence-electron chi connectivity index (χ4n) is 4.73. The monoisotopic (exact) mass is 504 g/mol. The molecule has 37 heavy (non-hydrogen) atoms. The number of hydrogen-bond acceptors (Lipinski definition) is 4. The van der Waals surface area contributed by atoms with Gasteiger partial charge < -0.3 is 25.6 Å². The van der Waals surface area contributed by atoms with Crippen molar-refractivity contribution in [2.45, 2.75) is 51.5 Å². The number of carboxylic acids is 1. The van der Waals surface area contributed by atoms with Gasteiger partial charge >= 0.3 is 5.97 Å². The summed E-state index contributed by atoms with van der Waals surface area (Å²) < 4.78 is 0. The van der Waals surface area contributed by atoms with E-state index in [0.717, 1.165) is 37.7 Å². The lowest BCUT2D eigenvalue weighted by Gasteiger charge is -2.25. The van der Waals surface area contributed by atoms with Crippen LogP contribution >= 0.6 is 0 Å². The van der Waals surface area contributed by atoms with Gasteiger partial charge in [0.2, 0.25) is 17.7 Å². The quantitative estimate of drug-likeness (QED) is 0.367. The molecule has 1 saturated carbocycles. The molecular weight excluding hydrogens is 472 g/mol. The molecule has 3 amide bonds. The summed E-state index contributed by atoms with van der Waals surface area (Å²) in [6.45, 7) is 1.48. The van der Waals surface area contributed by atoms with E-state index in [1.807, 2.05) is 24.3 Å². The molecule has 1 atom stereocenters. The van der Waals surface area contributed by atoms with Gasteiger partial charge in [0, 0.05) is 48.6 Å². The van der Waals surface area contributed by atoms with E-state index in [4.69, 9.17) is 0 Å². The van der Waals surface area contributed by atoms with Crippen LogP contribution in [-0.2, 0) is 20.8 Å². The molecule has 194 valence electrons. The largest absolute Gasteiger partial charge is 0.477 e. The van der Waals surface area contributed by atoms with Gasteiger partial charge in [-0.3, -0.25) is 14.4 Å². The Bertz CT molecular complexity index is 1330. The maximum absolute atomic E-state index is 13.4. The molecule has 9 nitrogen and oxygen atoms in total. The van der Waals surface area contributed by atoms with Crippen molar-refractivity contribution >= 4 is 46.0 Å². The molecule has 0 saturated heterocycles. The van der Waals surface area contributed by atoms with Crippen molar-refractivity contribution in [2.24, 2.45) is 5.92 Å². The van der Waals surface area contributed by atoms with Crippen LogP contribution in [0.25, 0.3) is 10.9 Å². The van der Waals surface area contributed by atoms with Crippen molar-refractivity contribution in [3.8, 4) is 0 Å². The second-order valence-corrected chi connectivity index (χ2v) is 9.63. The number of fused-ring (bicyclic) bond motifs is 1. The molecule has 1 aliphatic carbocycles. The Hall–Kier alpha value is -4.14. The lowest BCUT2D eigenvalue weighted by atomic mass is 9.88. The number of nitrogens with one attached hydrogen (secondary N) is 3. The van der Waals surface area contributed by atoms with E-state index in [9.17, 15) is 24.3 Å². The second-order valence-electron chi connectivity index (χ2n) is 9.63. The lowest BCUT2D eigenvalue weighted by molar-refractivity contribution is -0.130. The molecule has 4 N–H and O–H groups in total. The number of carboxylic acid groups (broad SMARTS) is 1. The average molecular weight is 505 g/mol. The Morgan fingerprint density at radius 3 is 2.51 bits per heavy atom. The SMILES string of the molecule is CC(=O)N(C)c1cccc(CC(NC(=O)C2CCCCC2)C(=O)Nc2ccc3[nH]c(C(=O)O)cc3c2)c1. The maximum Gasteiger partial charge on any atom is 0.352 e. The highest BCUT2D eigenvalue weighted by Gasteiger charge is 2.27. The smallest absolute Gasteiger partial charge is 0.352 e. The zero-order valence-corrected chi connectivity index (χ0v) is 21.0. The van der Waals surface area contributed by atoms with Gasteiger partial charge in [-0.05, 0) is 54.8 Å². The molecule has 1 heterocycles. The number of anilines is 2. The number of nitrogens with zero attached hydrogens (tertiary/aromatic N) is 1. The van der Waals surface area contributed by atoms with Crippen molar-refractivity contribution in [3.63, 3.8) is 0 Å². The molecular formula is C28H32N4O5. The second kappa shape index (κ2) is 11.3. The Kier molecular flexibility index (Phi) is 7.91. The van der Waals surface area contributed by atoms with Crippen LogP contribution in [0, 0.1) is 5.92 Å². The molecule has 4 rings (SSSR count). The van der Waals surface area contributed by atoms with Gasteiger partial charge in [0.1, 0.15) is 11.7 Å². The number of amides is 3. The first-order valence-corrected chi connectivity index (χ1v) is 12.5. The average Bonchev–Trinajstić information content (AvgIpc) is 3.32. The lowest BCUT2D eigenvalue weighted by Crippen LogP contribution is -2.47. The van der Waals surface area contributed by atoms with Gasteiger partial charge in [0.15, 0.2) is 0 Å².